The van der Waals surface area contributed by atoms with Gasteiger partial charge >= 0.3 is 0 Å². The predicted octanol–water partition coefficient (Wildman–Crippen LogP) is 2.18. The molecule has 0 aromatic carbocycles. The van der Waals surface area contributed by atoms with Crippen molar-refractivity contribution in [3.63, 3.8) is 0 Å². The largest absolute Gasteiger partial charge is 0.352 e. The van der Waals surface area contributed by atoms with Crippen LogP contribution in [0.4, 0.5) is 5.82 Å². The van der Waals surface area contributed by atoms with Gasteiger partial charge < -0.3 is 10.6 Å². The van der Waals surface area contributed by atoms with Gasteiger partial charge in [0.15, 0.2) is 0 Å². The summed E-state index contributed by atoms with van der Waals surface area (Å²) in [6, 6.07) is 2.22. The average molecular weight is 262 g/mol. The van der Waals surface area contributed by atoms with E-state index in [0.29, 0.717) is 0 Å². The second-order valence-corrected chi connectivity index (χ2v) is 6.17. The average Bonchev–Trinajstić information content (AvgIpc) is 2.77. The highest BCUT2D eigenvalue weighted by atomic mass is 32.1. The van der Waals surface area contributed by atoms with Gasteiger partial charge in [0.1, 0.15) is 17.0 Å². The summed E-state index contributed by atoms with van der Waals surface area (Å²) in [5, 5.41) is 1.18. The number of nitrogens with two attached hydrogens (primary N) is 1. The second-order valence-electron chi connectivity index (χ2n) is 5.05. The van der Waals surface area contributed by atoms with E-state index in [1.54, 1.807) is 17.7 Å². The minimum absolute atomic E-state index is 0.0269. The number of fused-ring (bicyclic) bond motifs is 1. The molecule has 2 aromatic rings. The molecular weight excluding hydrogens is 244 g/mol. The van der Waals surface area contributed by atoms with E-state index in [-0.39, 0.29) is 5.54 Å². The van der Waals surface area contributed by atoms with E-state index >= 15 is 0 Å². The molecule has 0 atom stereocenters. The Kier molecular flexibility index (Phi) is 2.75. The van der Waals surface area contributed by atoms with Crippen molar-refractivity contribution in [2.24, 2.45) is 5.73 Å². The fraction of sp³-hybridized carbons (Fsp3) is 0.538. The first kappa shape index (κ1) is 11.9. The van der Waals surface area contributed by atoms with E-state index in [1.807, 2.05) is 0 Å². The Morgan fingerprint density at radius 2 is 2.17 bits per heavy atom. The highest BCUT2D eigenvalue weighted by molar-refractivity contribution is 7.18. The van der Waals surface area contributed by atoms with Gasteiger partial charge in [-0.2, -0.15) is 0 Å². The molecule has 0 amide bonds. The van der Waals surface area contributed by atoms with Gasteiger partial charge in [0, 0.05) is 18.0 Å². The lowest BCUT2D eigenvalue weighted by Gasteiger charge is -2.48. The van der Waals surface area contributed by atoms with Crippen LogP contribution in [0.5, 0.6) is 0 Å². The molecule has 0 saturated carbocycles. The number of hydrogen-bond acceptors (Lipinski definition) is 5. The molecule has 0 bridgehead atoms. The molecule has 0 aliphatic carbocycles. The molecule has 0 spiro atoms. The Balaban J connectivity index is 1.95. The van der Waals surface area contributed by atoms with Gasteiger partial charge in [0.25, 0.3) is 0 Å². The maximum atomic E-state index is 6.22. The molecule has 1 aliphatic rings. The van der Waals surface area contributed by atoms with Crippen LogP contribution in [0.25, 0.3) is 10.2 Å². The lowest BCUT2D eigenvalue weighted by molar-refractivity contribution is 0.321. The minimum atomic E-state index is -0.0269. The molecule has 3 rings (SSSR count). The third-order valence-electron chi connectivity index (χ3n) is 3.72. The second kappa shape index (κ2) is 4.17. The topological polar surface area (TPSA) is 55.0 Å². The molecule has 18 heavy (non-hydrogen) atoms. The molecule has 96 valence electrons. The van der Waals surface area contributed by atoms with Crippen molar-refractivity contribution in [2.75, 3.05) is 18.0 Å². The molecule has 0 radical (unpaired) electrons. The third-order valence-corrected chi connectivity index (χ3v) is 4.91. The molecule has 0 unspecified atom stereocenters. The summed E-state index contributed by atoms with van der Waals surface area (Å²) in [6.07, 6.45) is 3.73. The minimum Gasteiger partial charge on any atom is -0.352 e. The Labute approximate surface area is 111 Å². The summed E-state index contributed by atoms with van der Waals surface area (Å²) in [6.45, 7) is 6.11. The number of anilines is 1. The highest BCUT2D eigenvalue weighted by Gasteiger charge is 2.39. The number of thiophene rings is 1. The van der Waals surface area contributed by atoms with Crippen LogP contribution in [0.1, 0.15) is 25.1 Å². The van der Waals surface area contributed by atoms with Crippen molar-refractivity contribution >= 4 is 27.4 Å². The van der Waals surface area contributed by atoms with Crippen LogP contribution < -0.4 is 10.6 Å². The van der Waals surface area contributed by atoms with Crippen LogP contribution >= 0.6 is 11.3 Å². The smallest absolute Gasteiger partial charge is 0.140 e. The first-order valence-corrected chi connectivity index (χ1v) is 7.24. The fourth-order valence-corrected chi connectivity index (χ4v) is 3.34. The van der Waals surface area contributed by atoms with Crippen molar-refractivity contribution in [2.45, 2.75) is 32.2 Å². The van der Waals surface area contributed by atoms with Crippen molar-refractivity contribution in [3.05, 3.63) is 17.3 Å². The number of aryl methyl sites for hydroxylation is 1. The van der Waals surface area contributed by atoms with Gasteiger partial charge in [-0.15, -0.1) is 11.3 Å². The van der Waals surface area contributed by atoms with Gasteiger partial charge in [-0.3, -0.25) is 0 Å². The van der Waals surface area contributed by atoms with E-state index in [4.69, 9.17) is 5.73 Å². The maximum Gasteiger partial charge on any atom is 0.140 e. The summed E-state index contributed by atoms with van der Waals surface area (Å²) in [7, 11) is 0. The Bertz CT molecular complexity index is 571. The summed E-state index contributed by atoms with van der Waals surface area (Å²) in [5.41, 5.74) is 6.20. The van der Waals surface area contributed by atoms with Gasteiger partial charge in [-0.05, 0) is 18.9 Å². The number of aromatic nitrogens is 2. The molecule has 1 aliphatic heterocycles. The van der Waals surface area contributed by atoms with Crippen LogP contribution in [-0.4, -0.2) is 28.6 Å². The Morgan fingerprint density at radius 3 is 2.83 bits per heavy atom. The zero-order valence-corrected chi connectivity index (χ0v) is 11.6. The van der Waals surface area contributed by atoms with Crippen molar-refractivity contribution in [1.82, 2.24) is 9.97 Å². The quantitative estimate of drug-likeness (QED) is 0.921. The first-order chi connectivity index (χ1) is 8.65. The van der Waals surface area contributed by atoms with Crippen molar-refractivity contribution in [3.8, 4) is 0 Å². The van der Waals surface area contributed by atoms with Gasteiger partial charge in [0.2, 0.25) is 0 Å². The van der Waals surface area contributed by atoms with Gasteiger partial charge in [-0.1, -0.05) is 13.8 Å². The van der Waals surface area contributed by atoms with E-state index in [1.165, 1.54) is 10.3 Å². The fourth-order valence-electron chi connectivity index (χ4n) is 2.41. The standard InChI is InChI=1S/C13H18N4S/c1-3-9-5-10-11(15-8-16-12(10)18-9)17-6-13(14,4-2)7-17/h5,8H,3-4,6-7,14H2,1-2H3. The summed E-state index contributed by atoms with van der Waals surface area (Å²) < 4.78 is 0. The normalized spacial score (nSPS) is 18.1. The third kappa shape index (κ3) is 1.78. The molecule has 1 saturated heterocycles. The molecule has 2 aromatic heterocycles. The van der Waals surface area contributed by atoms with Gasteiger partial charge in [-0.25, -0.2) is 9.97 Å². The monoisotopic (exact) mass is 262 g/mol. The zero-order valence-electron chi connectivity index (χ0n) is 10.8. The van der Waals surface area contributed by atoms with Crippen LogP contribution in [0.2, 0.25) is 0 Å². The molecule has 5 heteroatoms. The maximum absolute atomic E-state index is 6.22. The Morgan fingerprint density at radius 1 is 1.39 bits per heavy atom. The van der Waals surface area contributed by atoms with E-state index in [9.17, 15) is 0 Å². The molecule has 3 heterocycles. The zero-order chi connectivity index (χ0) is 12.8. The van der Waals surface area contributed by atoms with Crippen LogP contribution in [0.15, 0.2) is 12.4 Å². The Hall–Kier alpha value is -1.20. The SMILES string of the molecule is CCc1cc2c(N3CC(N)(CC)C3)ncnc2s1. The molecule has 2 N–H and O–H groups in total. The van der Waals surface area contributed by atoms with E-state index in [2.05, 4.69) is 34.8 Å². The van der Waals surface area contributed by atoms with Crippen LogP contribution in [-0.2, 0) is 6.42 Å². The first-order valence-electron chi connectivity index (χ1n) is 6.42. The van der Waals surface area contributed by atoms with Crippen molar-refractivity contribution in [1.29, 1.82) is 0 Å². The predicted molar refractivity (Wildman–Crippen MR) is 76.2 cm³/mol. The van der Waals surface area contributed by atoms with Crippen LogP contribution in [0, 0.1) is 0 Å². The number of nitrogens with zero attached hydrogens (tertiary/aromatic N) is 3. The van der Waals surface area contributed by atoms with Gasteiger partial charge in [0.05, 0.1) is 10.9 Å². The van der Waals surface area contributed by atoms with Crippen molar-refractivity contribution < 1.29 is 0 Å². The van der Waals surface area contributed by atoms with E-state index in [0.717, 1.165) is 36.6 Å². The molecule has 1 fully saturated rings. The highest BCUT2D eigenvalue weighted by Crippen LogP contribution is 2.34. The lowest BCUT2D eigenvalue weighted by atomic mass is 9.88. The van der Waals surface area contributed by atoms with E-state index < -0.39 is 0 Å². The molecular formula is C13H18N4S. The number of rotatable bonds is 3. The summed E-state index contributed by atoms with van der Waals surface area (Å²) >= 11 is 1.76. The number of hydrogen-bond donors (Lipinski definition) is 1. The van der Waals surface area contributed by atoms with Crippen LogP contribution in [0.3, 0.4) is 0 Å². The lowest BCUT2D eigenvalue weighted by Crippen LogP contribution is -2.67. The summed E-state index contributed by atoms with van der Waals surface area (Å²) in [4.78, 5) is 13.5. The summed E-state index contributed by atoms with van der Waals surface area (Å²) in [5.74, 6) is 1.05. The molecule has 4 nitrogen and oxygen atoms in total.